The van der Waals surface area contributed by atoms with Gasteiger partial charge >= 0.3 is 0 Å². The van der Waals surface area contributed by atoms with E-state index in [1.165, 1.54) is 0 Å². The normalized spacial score (nSPS) is 17.7. The monoisotopic (exact) mass is 224 g/mol. The SMILES string of the molecule is N[C@H]1C(=O)Nc2ccccc2-c2ccccc21. The van der Waals surface area contributed by atoms with Gasteiger partial charge in [0.2, 0.25) is 5.91 Å². The quantitative estimate of drug-likeness (QED) is 0.721. The number of nitrogens with one attached hydrogen (secondary N) is 1. The van der Waals surface area contributed by atoms with Crippen molar-refractivity contribution in [1.29, 1.82) is 0 Å². The first-order chi connectivity index (χ1) is 8.27. The molecule has 0 saturated carbocycles. The van der Waals surface area contributed by atoms with Gasteiger partial charge in [-0.1, -0.05) is 42.5 Å². The number of anilines is 1. The molecule has 1 amide bonds. The van der Waals surface area contributed by atoms with E-state index >= 15 is 0 Å². The molecule has 0 aromatic heterocycles. The van der Waals surface area contributed by atoms with E-state index in [2.05, 4.69) is 5.32 Å². The highest BCUT2D eigenvalue weighted by atomic mass is 16.2. The zero-order valence-electron chi connectivity index (χ0n) is 9.18. The number of carbonyl (C=O) groups is 1. The molecule has 0 saturated heterocycles. The van der Waals surface area contributed by atoms with Crippen LogP contribution < -0.4 is 11.1 Å². The molecule has 1 aliphatic heterocycles. The molecule has 1 aliphatic rings. The fraction of sp³-hybridized carbons (Fsp3) is 0.0714. The lowest BCUT2D eigenvalue weighted by atomic mass is 9.96. The number of hydrogen-bond acceptors (Lipinski definition) is 2. The van der Waals surface area contributed by atoms with E-state index in [1.54, 1.807) is 0 Å². The molecule has 2 aromatic carbocycles. The van der Waals surface area contributed by atoms with E-state index in [9.17, 15) is 4.79 Å². The molecular formula is C14H12N2O. The van der Waals surface area contributed by atoms with Crippen molar-refractivity contribution in [2.24, 2.45) is 5.73 Å². The Bertz CT molecular complexity index is 592. The van der Waals surface area contributed by atoms with Gasteiger partial charge in [-0.3, -0.25) is 4.79 Å². The summed E-state index contributed by atoms with van der Waals surface area (Å²) in [5.41, 5.74) is 9.69. The molecule has 17 heavy (non-hydrogen) atoms. The minimum absolute atomic E-state index is 0.164. The van der Waals surface area contributed by atoms with Crippen LogP contribution in [0.4, 0.5) is 5.69 Å². The first-order valence-corrected chi connectivity index (χ1v) is 5.52. The predicted molar refractivity (Wildman–Crippen MR) is 67.4 cm³/mol. The number of fused-ring (bicyclic) bond motifs is 3. The summed E-state index contributed by atoms with van der Waals surface area (Å²) < 4.78 is 0. The van der Waals surface area contributed by atoms with Crippen LogP contribution in [0, 0.1) is 0 Å². The number of hydrogen-bond donors (Lipinski definition) is 2. The highest BCUT2D eigenvalue weighted by Gasteiger charge is 2.24. The minimum atomic E-state index is -0.612. The third-order valence-corrected chi connectivity index (χ3v) is 3.05. The van der Waals surface area contributed by atoms with Gasteiger partial charge in [-0.2, -0.15) is 0 Å². The van der Waals surface area contributed by atoms with Crippen LogP contribution in [0.3, 0.4) is 0 Å². The van der Waals surface area contributed by atoms with Crippen molar-refractivity contribution in [1.82, 2.24) is 0 Å². The van der Waals surface area contributed by atoms with Crippen LogP contribution >= 0.6 is 0 Å². The van der Waals surface area contributed by atoms with E-state index < -0.39 is 6.04 Å². The molecule has 84 valence electrons. The van der Waals surface area contributed by atoms with Crippen LogP contribution in [0.25, 0.3) is 11.1 Å². The summed E-state index contributed by atoms with van der Waals surface area (Å²) in [6.45, 7) is 0. The zero-order valence-corrected chi connectivity index (χ0v) is 9.18. The second-order valence-electron chi connectivity index (χ2n) is 4.10. The summed E-state index contributed by atoms with van der Waals surface area (Å²) in [7, 11) is 0. The van der Waals surface area contributed by atoms with Gasteiger partial charge in [0.1, 0.15) is 6.04 Å². The van der Waals surface area contributed by atoms with E-state index in [-0.39, 0.29) is 5.91 Å². The van der Waals surface area contributed by atoms with Crippen LogP contribution in [0.15, 0.2) is 48.5 Å². The summed E-state index contributed by atoms with van der Waals surface area (Å²) in [6, 6.07) is 14.9. The fourth-order valence-corrected chi connectivity index (χ4v) is 2.19. The average Bonchev–Trinajstić information content (AvgIpc) is 2.48. The average molecular weight is 224 g/mol. The lowest BCUT2D eigenvalue weighted by Crippen LogP contribution is -2.26. The summed E-state index contributed by atoms with van der Waals surface area (Å²) in [5.74, 6) is -0.164. The maximum absolute atomic E-state index is 11.9. The van der Waals surface area contributed by atoms with Crippen LogP contribution in [-0.2, 0) is 4.79 Å². The van der Waals surface area contributed by atoms with Crippen molar-refractivity contribution < 1.29 is 4.79 Å². The standard InChI is InChI=1S/C14H12N2O/c15-13-11-7-2-1-5-9(11)10-6-3-4-8-12(10)16-14(13)17/h1-8,13H,15H2,(H,16,17)/t13-/m1/s1. The molecule has 2 aromatic rings. The molecule has 0 aliphatic carbocycles. The molecule has 3 rings (SSSR count). The van der Waals surface area contributed by atoms with E-state index in [4.69, 9.17) is 5.73 Å². The van der Waals surface area contributed by atoms with Crippen molar-refractivity contribution in [2.75, 3.05) is 5.32 Å². The lowest BCUT2D eigenvalue weighted by molar-refractivity contribution is -0.117. The van der Waals surface area contributed by atoms with Crippen LogP contribution in [0.2, 0.25) is 0 Å². The van der Waals surface area contributed by atoms with Gasteiger partial charge in [-0.15, -0.1) is 0 Å². The predicted octanol–water partition coefficient (Wildman–Crippen LogP) is 2.31. The van der Waals surface area contributed by atoms with Gasteiger partial charge in [0.05, 0.1) is 0 Å². The Morgan fingerprint density at radius 2 is 1.59 bits per heavy atom. The Labute approximate surface area is 99.3 Å². The molecule has 1 heterocycles. The maximum Gasteiger partial charge on any atom is 0.245 e. The van der Waals surface area contributed by atoms with Gasteiger partial charge in [0.25, 0.3) is 0 Å². The van der Waals surface area contributed by atoms with Crippen molar-refractivity contribution in [3.8, 4) is 11.1 Å². The molecule has 3 heteroatoms. The number of rotatable bonds is 0. The molecule has 3 N–H and O–H groups in total. The highest BCUT2D eigenvalue weighted by Crippen LogP contribution is 2.35. The zero-order chi connectivity index (χ0) is 11.8. The number of benzene rings is 2. The second kappa shape index (κ2) is 3.71. The van der Waals surface area contributed by atoms with Gasteiger partial charge < -0.3 is 11.1 Å². The fourth-order valence-electron chi connectivity index (χ4n) is 2.19. The molecule has 0 unspecified atom stereocenters. The maximum atomic E-state index is 11.9. The molecule has 0 spiro atoms. The summed E-state index contributed by atoms with van der Waals surface area (Å²) in [6.07, 6.45) is 0. The van der Waals surface area contributed by atoms with Gasteiger partial charge in [0, 0.05) is 11.3 Å². The van der Waals surface area contributed by atoms with Crippen LogP contribution in [-0.4, -0.2) is 5.91 Å². The first kappa shape index (κ1) is 10.1. The molecule has 3 nitrogen and oxygen atoms in total. The molecule has 0 fully saturated rings. The summed E-state index contributed by atoms with van der Waals surface area (Å²) in [4.78, 5) is 11.9. The summed E-state index contributed by atoms with van der Waals surface area (Å²) >= 11 is 0. The smallest absolute Gasteiger partial charge is 0.245 e. The molecular weight excluding hydrogens is 212 g/mol. The third-order valence-electron chi connectivity index (χ3n) is 3.05. The van der Waals surface area contributed by atoms with Crippen molar-refractivity contribution in [2.45, 2.75) is 6.04 Å². The minimum Gasteiger partial charge on any atom is -0.324 e. The van der Waals surface area contributed by atoms with Crippen molar-refractivity contribution in [3.05, 3.63) is 54.1 Å². The molecule has 0 bridgehead atoms. The van der Waals surface area contributed by atoms with E-state index in [0.29, 0.717) is 0 Å². The van der Waals surface area contributed by atoms with E-state index in [0.717, 1.165) is 22.4 Å². The number of nitrogens with two attached hydrogens (primary N) is 1. The largest absolute Gasteiger partial charge is 0.324 e. The topological polar surface area (TPSA) is 55.1 Å². The van der Waals surface area contributed by atoms with Gasteiger partial charge in [-0.05, 0) is 17.2 Å². The Kier molecular flexibility index (Phi) is 2.20. The van der Waals surface area contributed by atoms with Crippen LogP contribution in [0.5, 0.6) is 0 Å². The molecule has 0 radical (unpaired) electrons. The lowest BCUT2D eigenvalue weighted by Gasteiger charge is -2.10. The van der Waals surface area contributed by atoms with Gasteiger partial charge in [-0.25, -0.2) is 0 Å². The number of para-hydroxylation sites is 1. The Morgan fingerprint density at radius 1 is 0.941 bits per heavy atom. The number of amides is 1. The summed E-state index contributed by atoms with van der Waals surface area (Å²) in [5, 5.41) is 2.86. The Hall–Kier alpha value is -2.13. The van der Waals surface area contributed by atoms with Gasteiger partial charge in [0.15, 0.2) is 0 Å². The van der Waals surface area contributed by atoms with E-state index in [1.807, 2.05) is 48.5 Å². The first-order valence-electron chi connectivity index (χ1n) is 5.52. The molecule has 1 atom stereocenters. The Morgan fingerprint density at radius 3 is 2.41 bits per heavy atom. The Balaban J connectivity index is 2.33. The van der Waals surface area contributed by atoms with Crippen molar-refractivity contribution >= 4 is 11.6 Å². The van der Waals surface area contributed by atoms with Crippen LogP contribution in [0.1, 0.15) is 11.6 Å². The number of carbonyl (C=O) groups excluding carboxylic acids is 1. The third kappa shape index (κ3) is 1.52. The second-order valence-corrected chi connectivity index (χ2v) is 4.10. The highest BCUT2D eigenvalue weighted by molar-refractivity contribution is 6.02. The van der Waals surface area contributed by atoms with Crippen molar-refractivity contribution in [3.63, 3.8) is 0 Å².